The van der Waals surface area contributed by atoms with Gasteiger partial charge in [-0.3, -0.25) is 0 Å². The van der Waals surface area contributed by atoms with Crippen LogP contribution in [0.1, 0.15) is 104 Å². The van der Waals surface area contributed by atoms with Gasteiger partial charge in [0.15, 0.2) is 0 Å². The summed E-state index contributed by atoms with van der Waals surface area (Å²) in [5.41, 5.74) is 0. The minimum absolute atomic E-state index is 0.185. The molecule has 0 unspecified atom stereocenters. The minimum atomic E-state index is 0.185. The monoisotopic (exact) mass is 318 g/mol. The molecule has 0 bridgehead atoms. The maximum atomic E-state index is 5.96. The normalized spacial score (nSPS) is 20.8. The molecule has 1 saturated heterocycles. The Kier molecular flexibility index (Phi) is 13.1. The van der Waals surface area contributed by atoms with Crippen LogP contribution in [0.2, 0.25) is 0 Å². The maximum absolute atomic E-state index is 5.96. The quantitative estimate of drug-likeness (QED) is 0.283. The first kappa shape index (κ1) is 20.3. The average Bonchev–Trinajstić information content (AvgIpc) is 3.02. The number of rotatable bonds is 12. The van der Waals surface area contributed by atoms with Crippen LogP contribution in [0.3, 0.4) is 0 Å². The smallest absolute Gasteiger partial charge is 0.119 e. The summed E-state index contributed by atoms with van der Waals surface area (Å²) in [6.07, 6.45) is 23.3. The molecule has 132 valence electrons. The molecule has 0 aromatic heterocycles. The molecule has 1 aliphatic rings. The van der Waals surface area contributed by atoms with Gasteiger partial charge in [-0.25, -0.2) is 0 Å². The molecule has 23 heavy (non-hydrogen) atoms. The van der Waals surface area contributed by atoms with Gasteiger partial charge in [0.1, 0.15) is 6.10 Å². The standard InChI is InChI=1S/C22H38O/c1-3-5-7-8-9-10-11-12-13-14-15-16-18-22-20-19-21(23-22)17-6-4-2/h14-15,21-22H,3-13,17,19-20H2,1-2H3/b15-14+/t21-,22-/m1/s1. The van der Waals surface area contributed by atoms with Crippen molar-refractivity contribution < 1.29 is 4.74 Å². The third kappa shape index (κ3) is 11.4. The highest BCUT2D eigenvalue weighted by atomic mass is 16.5. The van der Waals surface area contributed by atoms with Crippen LogP contribution in [-0.4, -0.2) is 12.2 Å². The molecule has 0 spiro atoms. The van der Waals surface area contributed by atoms with Crippen molar-refractivity contribution in [2.45, 2.75) is 116 Å². The van der Waals surface area contributed by atoms with Crippen LogP contribution in [0.5, 0.6) is 0 Å². The molecule has 1 heteroatoms. The van der Waals surface area contributed by atoms with Crippen LogP contribution < -0.4 is 0 Å². The summed E-state index contributed by atoms with van der Waals surface area (Å²) in [6.45, 7) is 4.52. The second-order valence-electron chi connectivity index (χ2n) is 6.92. The summed E-state index contributed by atoms with van der Waals surface area (Å²) in [4.78, 5) is 0. The molecule has 0 N–H and O–H groups in total. The Morgan fingerprint density at radius 3 is 2.30 bits per heavy atom. The predicted molar refractivity (Wildman–Crippen MR) is 102 cm³/mol. The number of allylic oxidation sites excluding steroid dienone is 2. The molecule has 1 rings (SSSR count). The van der Waals surface area contributed by atoms with Gasteiger partial charge in [0, 0.05) is 0 Å². The first-order valence-electron chi connectivity index (χ1n) is 10.2. The number of hydrogen-bond acceptors (Lipinski definition) is 1. The van der Waals surface area contributed by atoms with Crippen molar-refractivity contribution in [1.29, 1.82) is 0 Å². The molecule has 0 aromatic rings. The van der Waals surface area contributed by atoms with Crippen LogP contribution in [0.15, 0.2) is 12.2 Å². The molecule has 1 fully saturated rings. The third-order valence-electron chi connectivity index (χ3n) is 4.66. The first-order chi connectivity index (χ1) is 11.4. The van der Waals surface area contributed by atoms with Gasteiger partial charge < -0.3 is 4.74 Å². The number of unbranched alkanes of at least 4 members (excludes halogenated alkanes) is 9. The Labute approximate surface area is 145 Å². The first-order valence-corrected chi connectivity index (χ1v) is 10.2. The Morgan fingerprint density at radius 2 is 1.57 bits per heavy atom. The lowest BCUT2D eigenvalue weighted by Gasteiger charge is -2.08. The summed E-state index contributed by atoms with van der Waals surface area (Å²) in [5, 5.41) is 0. The fourth-order valence-electron chi connectivity index (χ4n) is 3.14. The van der Waals surface area contributed by atoms with Crippen LogP contribution in [0.4, 0.5) is 0 Å². The Hall–Kier alpha value is -0.740. The molecule has 0 saturated carbocycles. The van der Waals surface area contributed by atoms with Crippen LogP contribution in [0, 0.1) is 11.8 Å². The van der Waals surface area contributed by atoms with Gasteiger partial charge in [-0.2, -0.15) is 0 Å². The van der Waals surface area contributed by atoms with Gasteiger partial charge in [0.2, 0.25) is 0 Å². The molecule has 1 heterocycles. The highest BCUT2D eigenvalue weighted by molar-refractivity contribution is 5.18. The predicted octanol–water partition coefficient (Wildman–Crippen LogP) is 6.81. The second kappa shape index (κ2) is 14.8. The van der Waals surface area contributed by atoms with E-state index in [0.717, 1.165) is 6.42 Å². The topological polar surface area (TPSA) is 9.23 Å². The minimum Gasteiger partial charge on any atom is -0.362 e. The van der Waals surface area contributed by atoms with Crippen LogP contribution in [-0.2, 0) is 4.74 Å². The van der Waals surface area contributed by atoms with E-state index >= 15 is 0 Å². The second-order valence-corrected chi connectivity index (χ2v) is 6.92. The van der Waals surface area contributed by atoms with E-state index in [1.165, 1.54) is 83.5 Å². The zero-order valence-electron chi connectivity index (χ0n) is 15.6. The Bertz CT molecular complexity index is 347. The van der Waals surface area contributed by atoms with Crippen molar-refractivity contribution in [1.82, 2.24) is 0 Å². The van der Waals surface area contributed by atoms with Crippen molar-refractivity contribution in [3.63, 3.8) is 0 Å². The molecule has 0 radical (unpaired) electrons. The lowest BCUT2D eigenvalue weighted by molar-refractivity contribution is 0.0690. The number of hydrogen-bond donors (Lipinski definition) is 0. The fourth-order valence-corrected chi connectivity index (χ4v) is 3.14. The summed E-state index contributed by atoms with van der Waals surface area (Å²) >= 11 is 0. The van der Waals surface area contributed by atoms with E-state index in [1.807, 2.05) is 6.08 Å². The Morgan fingerprint density at radius 1 is 0.870 bits per heavy atom. The van der Waals surface area contributed by atoms with Gasteiger partial charge in [-0.1, -0.05) is 89.6 Å². The van der Waals surface area contributed by atoms with Crippen molar-refractivity contribution in [3.05, 3.63) is 12.2 Å². The molecule has 0 aromatic carbocycles. The van der Waals surface area contributed by atoms with Crippen LogP contribution in [0.25, 0.3) is 0 Å². The highest BCUT2D eigenvalue weighted by Crippen LogP contribution is 2.23. The fraction of sp³-hybridized carbons (Fsp3) is 0.818. The summed E-state index contributed by atoms with van der Waals surface area (Å²) in [6, 6.07) is 0. The summed E-state index contributed by atoms with van der Waals surface area (Å²) in [7, 11) is 0. The zero-order chi connectivity index (χ0) is 16.6. The van der Waals surface area contributed by atoms with Crippen molar-refractivity contribution in [2.75, 3.05) is 0 Å². The molecule has 0 amide bonds. The van der Waals surface area contributed by atoms with E-state index in [2.05, 4.69) is 31.8 Å². The molecule has 1 nitrogen and oxygen atoms in total. The summed E-state index contributed by atoms with van der Waals surface area (Å²) in [5.74, 6) is 6.43. The van der Waals surface area contributed by atoms with Crippen molar-refractivity contribution in [3.8, 4) is 11.8 Å². The Balaban J connectivity index is 1.94. The van der Waals surface area contributed by atoms with E-state index < -0.39 is 0 Å². The van der Waals surface area contributed by atoms with Gasteiger partial charge in [0.05, 0.1) is 6.10 Å². The van der Waals surface area contributed by atoms with E-state index in [9.17, 15) is 0 Å². The van der Waals surface area contributed by atoms with Gasteiger partial charge in [0.25, 0.3) is 0 Å². The van der Waals surface area contributed by atoms with Gasteiger partial charge >= 0.3 is 0 Å². The lowest BCUT2D eigenvalue weighted by atomic mass is 10.1. The van der Waals surface area contributed by atoms with E-state index in [-0.39, 0.29) is 6.10 Å². The van der Waals surface area contributed by atoms with Gasteiger partial charge in [-0.05, 0) is 38.2 Å². The van der Waals surface area contributed by atoms with E-state index in [0.29, 0.717) is 6.10 Å². The molecule has 0 aliphatic carbocycles. The molecule has 2 atom stereocenters. The highest BCUT2D eigenvalue weighted by Gasteiger charge is 2.22. The van der Waals surface area contributed by atoms with Crippen molar-refractivity contribution >= 4 is 0 Å². The maximum Gasteiger partial charge on any atom is 0.119 e. The average molecular weight is 319 g/mol. The molecular formula is C22H38O. The van der Waals surface area contributed by atoms with E-state index in [4.69, 9.17) is 4.74 Å². The summed E-state index contributed by atoms with van der Waals surface area (Å²) < 4.78 is 5.96. The largest absolute Gasteiger partial charge is 0.362 e. The molecular weight excluding hydrogens is 280 g/mol. The van der Waals surface area contributed by atoms with E-state index in [1.54, 1.807) is 0 Å². The van der Waals surface area contributed by atoms with Crippen LogP contribution >= 0.6 is 0 Å². The molecule has 1 aliphatic heterocycles. The van der Waals surface area contributed by atoms with Crippen molar-refractivity contribution in [2.24, 2.45) is 0 Å². The SMILES string of the molecule is CCCCCCCCCC/C=C/C#C[C@@H]1CC[C@@H](CCCC)O1. The third-order valence-corrected chi connectivity index (χ3v) is 4.66. The zero-order valence-corrected chi connectivity index (χ0v) is 15.6. The van der Waals surface area contributed by atoms with Gasteiger partial charge in [-0.15, -0.1) is 0 Å². The number of ether oxygens (including phenoxy) is 1. The lowest BCUT2D eigenvalue weighted by Crippen LogP contribution is -2.08.